The molecule has 0 heterocycles. The first-order valence-corrected chi connectivity index (χ1v) is 4.64. The standard InChI is InChI=1S/C11H11ClO2/c1-2-3-7-14-11-9(8-13)5-4-6-10(11)12/h2,4-6,8H,1,3,7H2. The number of hydrogen-bond acceptors (Lipinski definition) is 2. The first kappa shape index (κ1) is 10.8. The number of halogens is 1. The lowest BCUT2D eigenvalue weighted by molar-refractivity contribution is 0.111. The molecule has 0 aliphatic heterocycles. The summed E-state index contributed by atoms with van der Waals surface area (Å²) in [6.45, 7) is 4.05. The molecule has 1 aromatic rings. The van der Waals surface area contributed by atoms with Crippen LogP contribution in [0.2, 0.25) is 5.02 Å². The molecule has 0 fully saturated rings. The second kappa shape index (κ2) is 5.45. The van der Waals surface area contributed by atoms with E-state index in [0.717, 1.165) is 12.7 Å². The second-order valence-corrected chi connectivity index (χ2v) is 3.11. The van der Waals surface area contributed by atoms with Gasteiger partial charge in [-0.2, -0.15) is 0 Å². The minimum atomic E-state index is 0.450. The van der Waals surface area contributed by atoms with Gasteiger partial charge in [0.2, 0.25) is 0 Å². The molecule has 2 nitrogen and oxygen atoms in total. The van der Waals surface area contributed by atoms with Crippen LogP contribution >= 0.6 is 11.6 Å². The highest BCUT2D eigenvalue weighted by Crippen LogP contribution is 2.27. The quantitative estimate of drug-likeness (QED) is 0.424. The molecule has 0 atom stereocenters. The average molecular weight is 211 g/mol. The van der Waals surface area contributed by atoms with Gasteiger partial charge in [0.05, 0.1) is 17.2 Å². The predicted molar refractivity (Wildman–Crippen MR) is 57.1 cm³/mol. The molecule has 0 radical (unpaired) electrons. The van der Waals surface area contributed by atoms with Crippen LogP contribution in [0.5, 0.6) is 5.75 Å². The monoisotopic (exact) mass is 210 g/mol. The van der Waals surface area contributed by atoms with Crippen LogP contribution in [0.1, 0.15) is 16.8 Å². The van der Waals surface area contributed by atoms with Crippen molar-refractivity contribution in [1.82, 2.24) is 0 Å². The molecule has 0 unspecified atom stereocenters. The van der Waals surface area contributed by atoms with Crippen molar-refractivity contribution in [3.05, 3.63) is 41.4 Å². The van der Waals surface area contributed by atoms with Crippen molar-refractivity contribution in [2.45, 2.75) is 6.42 Å². The molecule has 74 valence electrons. The second-order valence-electron chi connectivity index (χ2n) is 2.70. The minimum Gasteiger partial charge on any atom is -0.491 e. The topological polar surface area (TPSA) is 26.3 Å². The summed E-state index contributed by atoms with van der Waals surface area (Å²) in [6.07, 6.45) is 3.20. The van der Waals surface area contributed by atoms with E-state index in [9.17, 15) is 4.79 Å². The summed E-state index contributed by atoms with van der Waals surface area (Å²) < 4.78 is 5.36. The van der Waals surface area contributed by atoms with Crippen molar-refractivity contribution in [3.63, 3.8) is 0 Å². The molecule has 0 N–H and O–H groups in total. The third-order valence-corrected chi connectivity index (χ3v) is 1.99. The molecule has 0 spiro atoms. The molecule has 0 aromatic heterocycles. The third kappa shape index (κ3) is 2.60. The highest BCUT2D eigenvalue weighted by Gasteiger charge is 2.06. The summed E-state index contributed by atoms with van der Waals surface area (Å²) in [5, 5.41) is 0.457. The number of para-hydroxylation sites is 1. The van der Waals surface area contributed by atoms with Gasteiger partial charge in [-0.3, -0.25) is 4.79 Å². The molecule has 1 rings (SSSR count). The Morgan fingerprint density at radius 3 is 2.93 bits per heavy atom. The molecule has 0 saturated heterocycles. The van der Waals surface area contributed by atoms with Gasteiger partial charge in [-0.25, -0.2) is 0 Å². The zero-order valence-electron chi connectivity index (χ0n) is 7.70. The lowest BCUT2D eigenvalue weighted by atomic mass is 10.2. The van der Waals surface area contributed by atoms with Gasteiger partial charge in [-0.05, 0) is 18.6 Å². The highest BCUT2D eigenvalue weighted by molar-refractivity contribution is 6.32. The number of hydrogen-bond donors (Lipinski definition) is 0. The summed E-state index contributed by atoms with van der Waals surface area (Å²) in [7, 11) is 0. The van der Waals surface area contributed by atoms with E-state index in [1.54, 1.807) is 24.3 Å². The summed E-state index contributed by atoms with van der Waals surface area (Å²) in [4.78, 5) is 10.7. The Morgan fingerprint density at radius 1 is 1.50 bits per heavy atom. The molecule has 0 saturated carbocycles. The third-order valence-electron chi connectivity index (χ3n) is 1.69. The van der Waals surface area contributed by atoms with Crippen LogP contribution in [-0.2, 0) is 0 Å². The number of carbonyl (C=O) groups excluding carboxylic acids is 1. The van der Waals surface area contributed by atoms with Crippen LogP contribution in [0.25, 0.3) is 0 Å². The highest BCUT2D eigenvalue weighted by atomic mass is 35.5. The minimum absolute atomic E-state index is 0.450. The lowest BCUT2D eigenvalue weighted by Gasteiger charge is -2.08. The molecule has 1 aromatic carbocycles. The van der Waals surface area contributed by atoms with Crippen LogP contribution in [0.3, 0.4) is 0 Å². The van der Waals surface area contributed by atoms with E-state index in [0.29, 0.717) is 22.9 Å². The van der Waals surface area contributed by atoms with Gasteiger partial charge in [0, 0.05) is 0 Å². The Kier molecular flexibility index (Phi) is 4.20. The van der Waals surface area contributed by atoms with Gasteiger partial charge in [0.25, 0.3) is 0 Å². The average Bonchev–Trinajstić information content (AvgIpc) is 2.20. The zero-order chi connectivity index (χ0) is 10.4. The van der Waals surface area contributed by atoms with Crippen LogP contribution in [0.4, 0.5) is 0 Å². The van der Waals surface area contributed by atoms with Crippen LogP contribution < -0.4 is 4.74 Å². The smallest absolute Gasteiger partial charge is 0.153 e. The maximum absolute atomic E-state index is 10.7. The van der Waals surface area contributed by atoms with Gasteiger partial charge in [0.15, 0.2) is 6.29 Å². The van der Waals surface area contributed by atoms with E-state index in [2.05, 4.69) is 6.58 Å². The first-order chi connectivity index (χ1) is 6.79. The SMILES string of the molecule is C=CCCOc1c(Cl)cccc1C=O. The van der Waals surface area contributed by atoms with Gasteiger partial charge in [-0.15, -0.1) is 6.58 Å². The fourth-order valence-electron chi connectivity index (χ4n) is 1.01. The lowest BCUT2D eigenvalue weighted by Crippen LogP contribution is -1.99. The van der Waals surface area contributed by atoms with Crippen molar-refractivity contribution in [2.24, 2.45) is 0 Å². The molecule has 14 heavy (non-hydrogen) atoms. The van der Waals surface area contributed by atoms with Gasteiger partial charge < -0.3 is 4.74 Å². The first-order valence-electron chi connectivity index (χ1n) is 4.27. The molecular formula is C11H11ClO2. The van der Waals surface area contributed by atoms with E-state index in [1.807, 2.05) is 0 Å². The molecule has 0 bridgehead atoms. The maximum atomic E-state index is 10.7. The Hall–Kier alpha value is -1.28. The molecule has 0 aliphatic rings. The Morgan fingerprint density at radius 2 is 2.29 bits per heavy atom. The van der Waals surface area contributed by atoms with Crippen molar-refractivity contribution in [3.8, 4) is 5.75 Å². The summed E-state index contributed by atoms with van der Waals surface area (Å²) >= 11 is 5.88. The Bertz CT molecular complexity index is 334. The summed E-state index contributed by atoms with van der Waals surface area (Å²) in [5.74, 6) is 0.450. The Labute approximate surface area is 88.1 Å². The van der Waals surface area contributed by atoms with E-state index in [4.69, 9.17) is 16.3 Å². The summed E-state index contributed by atoms with van der Waals surface area (Å²) in [5.41, 5.74) is 0.474. The van der Waals surface area contributed by atoms with Gasteiger partial charge >= 0.3 is 0 Å². The number of carbonyl (C=O) groups is 1. The van der Waals surface area contributed by atoms with Crippen molar-refractivity contribution in [2.75, 3.05) is 6.61 Å². The molecule has 3 heteroatoms. The maximum Gasteiger partial charge on any atom is 0.153 e. The molecule has 0 aliphatic carbocycles. The van der Waals surface area contributed by atoms with Crippen LogP contribution in [-0.4, -0.2) is 12.9 Å². The number of benzene rings is 1. The van der Waals surface area contributed by atoms with Crippen LogP contribution in [0.15, 0.2) is 30.9 Å². The Balaban J connectivity index is 2.81. The molecular weight excluding hydrogens is 200 g/mol. The zero-order valence-corrected chi connectivity index (χ0v) is 8.46. The normalized spacial score (nSPS) is 9.50. The van der Waals surface area contributed by atoms with Gasteiger partial charge in [0.1, 0.15) is 5.75 Å². The fourth-order valence-corrected chi connectivity index (χ4v) is 1.25. The molecule has 0 amide bonds. The number of rotatable bonds is 5. The van der Waals surface area contributed by atoms with Gasteiger partial charge in [-0.1, -0.05) is 23.7 Å². The van der Waals surface area contributed by atoms with E-state index >= 15 is 0 Å². The fraction of sp³-hybridized carbons (Fsp3) is 0.182. The van der Waals surface area contributed by atoms with Crippen molar-refractivity contribution < 1.29 is 9.53 Å². The number of ether oxygens (including phenoxy) is 1. The van der Waals surface area contributed by atoms with E-state index < -0.39 is 0 Å². The number of aldehydes is 1. The van der Waals surface area contributed by atoms with Crippen molar-refractivity contribution >= 4 is 17.9 Å². The van der Waals surface area contributed by atoms with E-state index in [-0.39, 0.29) is 0 Å². The van der Waals surface area contributed by atoms with E-state index in [1.165, 1.54) is 0 Å². The van der Waals surface area contributed by atoms with Crippen molar-refractivity contribution in [1.29, 1.82) is 0 Å². The predicted octanol–water partition coefficient (Wildman–Crippen LogP) is 3.11. The largest absolute Gasteiger partial charge is 0.491 e. The summed E-state index contributed by atoms with van der Waals surface area (Å²) in [6, 6.07) is 5.08. The van der Waals surface area contributed by atoms with Crippen LogP contribution in [0, 0.1) is 0 Å².